The van der Waals surface area contributed by atoms with Crippen LogP contribution in [0, 0.1) is 34.0 Å². The summed E-state index contributed by atoms with van der Waals surface area (Å²) in [6, 6.07) is 9.88. The van der Waals surface area contributed by atoms with Gasteiger partial charge in [0.05, 0.1) is 0 Å². The Bertz CT molecular complexity index is 713. The van der Waals surface area contributed by atoms with E-state index in [2.05, 4.69) is 16.0 Å². The summed E-state index contributed by atoms with van der Waals surface area (Å²) in [5, 5.41) is 34.4. The number of nitrogens with zero attached hydrogens (tertiary/aromatic N) is 3. The normalized spacial score (nSPS) is 11.6. The van der Waals surface area contributed by atoms with Gasteiger partial charge in [-0.25, -0.2) is 4.79 Å². The topological polar surface area (TPSA) is 125 Å². The van der Waals surface area contributed by atoms with Crippen molar-refractivity contribution in [3.05, 3.63) is 35.0 Å². The van der Waals surface area contributed by atoms with Crippen molar-refractivity contribution in [3.63, 3.8) is 0 Å². The van der Waals surface area contributed by atoms with Gasteiger partial charge in [0.25, 0.3) is 0 Å². The molecule has 0 radical (unpaired) electrons. The molecule has 0 aliphatic carbocycles. The molecule has 7 heteroatoms. The third kappa shape index (κ3) is 2.50. The zero-order valence-corrected chi connectivity index (χ0v) is 10.2. The molecule has 1 aliphatic rings. The third-order valence-electron chi connectivity index (χ3n) is 2.65. The molecular formula is C13H8N6O. The van der Waals surface area contributed by atoms with Crippen molar-refractivity contribution in [2.45, 2.75) is 6.54 Å². The van der Waals surface area contributed by atoms with E-state index in [0.717, 1.165) is 5.56 Å². The van der Waals surface area contributed by atoms with Gasteiger partial charge in [0.1, 0.15) is 23.9 Å². The van der Waals surface area contributed by atoms with Crippen LogP contribution in [0.3, 0.4) is 0 Å². The molecule has 0 bridgehead atoms. The lowest BCUT2D eigenvalue weighted by atomic mass is 10.1. The fourth-order valence-corrected chi connectivity index (χ4v) is 1.71. The molecule has 20 heavy (non-hydrogen) atoms. The number of allylic oxidation sites excluding steroid dienone is 2. The first-order chi connectivity index (χ1) is 9.67. The Kier molecular flexibility index (Phi) is 3.51. The van der Waals surface area contributed by atoms with Gasteiger partial charge < -0.3 is 16.0 Å². The van der Waals surface area contributed by atoms with Gasteiger partial charge in [-0.05, 0) is 23.8 Å². The Morgan fingerprint density at radius 3 is 2.60 bits per heavy atom. The quantitative estimate of drug-likeness (QED) is 0.699. The number of urea groups is 1. The fourth-order valence-electron chi connectivity index (χ4n) is 1.71. The first-order valence-electron chi connectivity index (χ1n) is 5.57. The number of hydrogen-bond donors (Lipinski definition) is 3. The summed E-state index contributed by atoms with van der Waals surface area (Å²) < 4.78 is 0. The molecule has 2 rings (SSSR count). The molecule has 1 aromatic carbocycles. The third-order valence-corrected chi connectivity index (χ3v) is 2.65. The molecule has 1 aromatic rings. The maximum Gasteiger partial charge on any atom is 0.319 e. The smallest absolute Gasteiger partial charge is 0.319 e. The number of benzene rings is 1. The van der Waals surface area contributed by atoms with Gasteiger partial charge in [0, 0.05) is 17.9 Å². The van der Waals surface area contributed by atoms with Crippen LogP contribution >= 0.6 is 0 Å². The van der Waals surface area contributed by atoms with Crippen molar-refractivity contribution in [2.75, 3.05) is 10.6 Å². The van der Waals surface area contributed by atoms with Crippen LogP contribution in [0.4, 0.5) is 16.2 Å². The number of amides is 2. The highest BCUT2D eigenvalue weighted by atomic mass is 16.2. The minimum Gasteiger partial charge on any atom is -0.345 e. The lowest BCUT2D eigenvalue weighted by molar-refractivity contribution is 0.251. The SMILES string of the molecule is N#CC(C#N)=C(C#N)Nc1ccc2c(c1)CNC(=O)N2. The predicted octanol–water partition coefficient (Wildman–Crippen LogP) is 1.56. The predicted molar refractivity (Wildman–Crippen MR) is 69.8 cm³/mol. The number of rotatable bonds is 2. The highest BCUT2D eigenvalue weighted by Gasteiger charge is 2.14. The number of anilines is 2. The second-order valence-electron chi connectivity index (χ2n) is 3.89. The molecule has 0 saturated carbocycles. The van der Waals surface area contributed by atoms with E-state index in [4.69, 9.17) is 15.8 Å². The average Bonchev–Trinajstić information content (AvgIpc) is 2.47. The lowest BCUT2D eigenvalue weighted by Crippen LogP contribution is -2.33. The molecule has 1 heterocycles. The van der Waals surface area contributed by atoms with Gasteiger partial charge in [0.15, 0.2) is 5.57 Å². The van der Waals surface area contributed by atoms with E-state index in [9.17, 15) is 4.79 Å². The van der Waals surface area contributed by atoms with Crippen LogP contribution in [0.15, 0.2) is 29.5 Å². The number of nitriles is 3. The lowest BCUT2D eigenvalue weighted by Gasteiger charge is -2.19. The zero-order valence-electron chi connectivity index (χ0n) is 10.2. The number of nitrogens with one attached hydrogen (secondary N) is 3. The molecule has 1 aliphatic heterocycles. The van der Waals surface area contributed by atoms with Crippen LogP contribution in [-0.2, 0) is 6.54 Å². The van der Waals surface area contributed by atoms with Crippen molar-refractivity contribution >= 4 is 17.4 Å². The molecule has 0 aromatic heterocycles. The van der Waals surface area contributed by atoms with E-state index in [1.165, 1.54) is 0 Å². The van der Waals surface area contributed by atoms with Crippen LogP contribution in [0.2, 0.25) is 0 Å². The highest BCUT2D eigenvalue weighted by molar-refractivity contribution is 5.92. The summed E-state index contributed by atoms with van der Waals surface area (Å²) in [6.45, 7) is 0.367. The maximum absolute atomic E-state index is 11.1. The molecule has 0 atom stereocenters. The Morgan fingerprint density at radius 2 is 1.95 bits per heavy atom. The molecule has 0 unspecified atom stereocenters. The average molecular weight is 264 g/mol. The van der Waals surface area contributed by atoms with Gasteiger partial charge in [-0.1, -0.05) is 0 Å². The van der Waals surface area contributed by atoms with Crippen molar-refractivity contribution in [3.8, 4) is 18.2 Å². The van der Waals surface area contributed by atoms with Gasteiger partial charge in [-0.3, -0.25) is 0 Å². The van der Waals surface area contributed by atoms with E-state index in [-0.39, 0.29) is 17.3 Å². The second-order valence-corrected chi connectivity index (χ2v) is 3.89. The summed E-state index contributed by atoms with van der Waals surface area (Å²) in [7, 11) is 0. The Labute approximate surface area is 114 Å². The second kappa shape index (κ2) is 5.43. The van der Waals surface area contributed by atoms with Crippen LogP contribution in [-0.4, -0.2) is 6.03 Å². The molecule has 0 saturated heterocycles. The molecule has 7 nitrogen and oxygen atoms in total. The summed E-state index contributed by atoms with van der Waals surface area (Å²) in [5.74, 6) is 0. The summed E-state index contributed by atoms with van der Waals surface area (Å²) >= 11 is 0. The van der Waals surface area contributed by atoms with Crippen LogP contribution in [0.1, 0.15) is 5.56 Å². The summed E-state index contributed by atoms with van der Waals surface area (Å²) in [6.07, 6.45) is 0. The molecule has 2 amide bonds. The largest absolute Gasteiger partial charge is 0.345 e. The standard InChI is InChI=1S/C13H8N6O/c14-4-9(5-15)12(6-16)18-10-1-2-11-8(3-10)7-17-13(20)19-11/h1-3,18H,7H2,(H2,17,19,20). The molecule has 96 valence electrons. The van der Waals surface area contributed by atoms with Gasteiger partial charge in [-0.2, -0.15) is 15.8 Å². The van der Waals surface area contributed by atoms with Crippen molar-refractivity contribution in [2.24, 2.45) is 0 Å². The monoisotopic (exact) mass is 264 g/mol. The first kappa shape index (κ1) is 12.9. The minimum atomic E-state index is -0.281. The van der Waals surface area contributed by atoms with E-state index in [0.29, 0.717) is 17.9 Å². The molecular weight excluding hydrogens is 256 g/mol. The van der Waals surface area contributed by atoms with Gasteiger partial charge in [0.2, 0.25) is 0 Å². The Morgan fingerprint density at radius 1 is 1.20 bits per heavy atom. The highest BCUT2D eigenvalue weighted by Crippen LogP contribution is 2.24. The zero-order chi connectivity index (χ0) is 14.5. The fraction of sp³-hybridized carbons (Fsp3) is 0.0769. The van der Waals surface area contributed by atoms with E-state index < -0.39 is 0 Å². The van der Waals surface area contributed by atoms with Crippen LogP contribution < -0.4 is 16.0 Å². The number of fused-ring (bicyclic) bond motifs is 1. The van der Waals surface area contributed by atoms with Gasteiger partial charge >= 0.3 is 6.03 Å². The van der Waals surface area contributed by atoms with E-state index in [1.807, 2.05) is 0 Å². The number of carbonyl (C=O) groups is 1. The molecule has 0 spiro atoms. The van der Waals surface area contributed by atoms with Crippen molar-refractivity contribution in [1.82, 2.24) is 5.32 Å². The summed E-state index contributed by atoms with van der Waals surface area (Å²) in [5.41, 5.74) is 1.69. The van der Waals surface area contributed by atoms with Crippen molar-refractivity contribution < 1.29 is 4.79 Å². The number of hydrogen-bond acceptors (Lipinski definition) is 5. The van der Waals surface area contributed by atoms with E-state index >= 15 is 0 Å². The van der Waals surface area contributed by atoms with E-state index in [1.54, 1.807) is 36.4 Å². The van der Waals surface area contributed by atoms with Crippen LogP contribution in [0.25, 0.3) is 0 Å². The molecule has 0 fully saturated rings. The summed E-state index contributed by atoms with van der Waals surface area (Å²) in [4.78, 5) is 11.1. The maximum atomic E-state index is 11.1. The van der Waals surface area contributed by atoms with Crippen molar-refractivity contribution in [1.29, 1.82) is 15.8 Å². The minimum absolute atomic E-state index is 0.109. The molecule has 3 N–H and O–H groups in total. The first-order valence-corrected chi connectivity index (χ1v) is 5.57. The van der Waals surface area contributed by atoms with Gasteiger partial charge in [-0.15, -0.1) is 0 Å². The number of carbonyl (C=O) groups excluding carboxylic acids is 1. The van der Waals surface area contributed by atoms with Crippen LogP contribution in [0.5, 0.6) is 0 Å². The Hall–Kier alpha value is -3.50. The Balaban J connectivity index is 2.31.